The topological polar surface area (TPSA) is 35.0 Å². The average molecular weight is 811 g/mol. The fourth-order valence-electron chi connectivity index (χ4n) is 11.4. The van der Waals surface area contributed by atoms with Crippen molar-refractivity contribution in [2.75, 3.05) is 0 Å². The van der Waals surface area contributed by atoms with Gasteiger partial charge in [-0.1, -0.05) is 195 Å². The number of benzene rings is 7. The highest BCUT2D eigenvalue weighted by Crippen LogP contribution is 2.64. The van der Waals surface area contributed by atoms with Crippen LogP contribution in [0.25, 0.3) is 72.9 Å². The highest BCUT2D eigenvalue weighted by Gasteiger charge is 2.60. The van der Waals surface area contributed by atoms with Gasteiger partial charge in [-0.25, -0.2) is 9.97 Å². The molecule has 3 nitrogen and oxygen atoms in total. The van der Waals surface area contributed by atoms with Gasteiger partial charge in [0.25, 0.3) is 0 Å². The van der Waals surface area contributed by atoms with Crippen molar-refractivity contribution in [3.63, 3.8) is 0 Å². The molecule has 302 valence electrons. The van der Waals surface area contributed by atoms with E-state index < -0.39 is 0 Å². The van der Waals surface area contributed by atoms with Crippen LogP contribution in [-0.4, -0.2) is 16.1 Å². The predicted molar refractivity (Wildman–Crippen MR) is 257 cm³/mol. The van der Waals surface area contributed by atoms with E-state index in [1.165, 1.54) is 39.0 Å². The summed E-state index contributed by atoms with van der Waals surface area (Å²) in [5.41, 5.74) is 17.6. The first-order valence-electron chi connectivity index (χ1n) is 22.4. The van der Waals surface area contributed by atoms with Crippen LogP contribution < -0.4 is 0 Å². The van der Waals surface area contributed by atoms with Crippen molar-refractivity contribution in [3.8, 4) is 67.3 Å². The Hall–Kier alpha value is -7.36. The number of rotatable bonds is 6. The van der Waals surface area contributed by atoms with E-state index in [1.54, 1.807) is 0 Å². The van der Waals surface area contributed by atoms with Crippen LogP contribution in [0, 0.1) is 17.8 Å². The molecule has 1 aliphatic heterocycles. The number of aromatic nitrogens is 2. The molecule has 0 amide bonds. The summed E-state index contributed by atoms with van der Waals surface area (Å²) in [5.74, 6) is 2.56. The predicted octanol–water partition coefficient (Wildman–Crippen LogP) is 14.7. The number of fused-ring (bicyclic) bond motifs is 9. The summed E-state index contributed by atoms with van der Waals surface area (Å²) >= 11 is 0. The number of ether oxygens (including phenoxy) is 1. The minimum Gasteiger partial charge on any atom is -0.494 e. The Balaban J connectivity index is 0.955. The van der Waals surface area contributed by atoms with E-state index in [2.05, 4.69) is 213 Å². The van der Waals surface area contributed by atoms with Gasteiger partial charge in [-0.05, 0) is 98.7 Å². The SMILES string of the molecule is CC1CC2OC3=CC=CCC3C3(c4ccccc4-c4ccccc43)C2C=C1c1cccc(-c2cccc(-c3nc(-c4ccccc4)cc(-c4ccccc4-c4ccccc4)n3)c2)c1. The second-order valence-corrected chi connectivity index (χ2v) is 17.6. The van der Waals surface area contributed by atoms with Gasteiger partial charge in [0.05, 0.1) is 11.4 Å². The second-order valence-electron chi connectivity index (χ2n) is 17.6. The Morgan fingerprint density at radius 3 is 1.78 bits per heavy atom. The molecule has 1 aromatic heterocycles. The average Bonchev–Trinajstić information content (AvgIpc) is 3.65. The lowest BCUT2D eigenvalue weighted by Crippen LogP contribution is -2.54. The molecule has 1 spiro atoms. The first-order valence-corrected chi connectivity index (χ1v) is 22.4. The molecule has 0 N–H and O–H groups in total. The summed E-state index contributed by atoms with van der Waals surface area (Å²) in [4.78, 5) is 10.5. The molecule has 4 aliphatic rings. The monoisotopic (exact) mass is 810 g/mol. The standard InChI is InChI=1S/C60H46N2O/c1-39-34-58-54(60(53-32-14-15-33-57(53)63-58)51-30-12-10-27-47(51)48-28-11-13-31-52(48)60)37-50(39)44-24-16-22-42(35-44)43-23-17-25-45(36-43)59-61-55(41-20-6-3-7-21-41)38-56(62-59)49-29-9-8-26-46(49)40-18-4-2-5-19-40/h2-31,33,35-39,53-54,58H,32,34H2,1H3. The summed E-state index contributed by atoms with van der Waals surface area (Å²) in [6.45, 7) is 2.38. The van der Waals surface area contributed by atoms with Gasteiger partial charge < -0.3 is 4.74 Å². The molecule has 3 aliphatic carbocycles. The highest BCUT2D eigenvalue weighted by molar-refractivity contribution is 5.86. The molecule has 0 bridgehead atoms. The minimum atomic E-state index is -0.223. The number of hydrogen-bond donors (Lipinski definition) is 0. The first kappa shape index (κ1) is 37.4. The normalized spacial score (nSPS) is 20.1. The Morgan fingerprint density at radius 1 is 0.508 bits per heavy atom. The van der Waals surface area contributed by atoms with Crippen LogP contribution in [0.3, 0.4) is 0 Å². The number of nitrogens with zero attached hydrogens (tertiary/aromatic N) is 2. The third kappa shape index (κ3) is 6.17. The Kier molecular flexibility index (Phi) is 9.04. The van der Waals surface area contributed by atoms with Gasteiger partial charge in [0.1, 0.15) is 11.9 Å². The smallest absolute Gasteiger partial charge is 0.160 e. The zero-order valence-corrected chi connectivity index (χ0v) is 35.2. The number of allylic oxidation sites excluding steroid dienone is 5. The minimum absolute atomic E-state index is 0.0769. The quantitative estimate of drug-likeness (QED) is 0.168. The van der Waals surface area contributed by atoms with Crippen LogP contribution in [0.5, 0.6) is 0 Å². The van der Waals surface area contributed by atoms with Crippen LogP contribution in [0.2, 0.25) is 0 Å². The largest absolute Gasteiger partial charge is 0.494 e. The summed E-state index contributed by atoms with van der Waals surface area (Å²) in [5, 5.41) is 0. The van der Waals surface area contributed by atoms with Crippen LogP contribution in [0.15, 0.2) is 218 Å². The lowest BCUT2D eigenvalue weighted by molar-refractivity contribution is -0.0378. The van der Waals surface area contributed by atoms with E-state index >= 15 is 0 Å². The molecule has 1 fully saturated rings. The molecule has 4 atom stereocenters. The van der Waals surface area contributed by atoms with Crippen LogP contribution in [0.4, 0.5) is 0 Å². The summed E-state index contributed by atoms with van der Waals surface area (Å²) < 4.78 is 7.07. The van der Waals surface area contributed by atoms with Crippen LogP contribution >= 0.6 is 0 Å². The second kappa shape index (κ2) is 15.2. The molecule has 2 heterocycles. The molecular weight excluding hydrogens is 765 g/mol. The molecule has 1 saturated heterocycles. The lowest BCUT2D eigenvalue weighted by Gasteiger charge is -2.55. The summed E-state index contributed by atoms with van der Waals surface area (Å²) in [6.07, 6.45) is 11.4. The maximum Gasteiger partial charge on any atom is 0.160 e. The van der Waals surface area contributed by atoms with Crippen molar-refractivity contribution in [2.24, 2.45) is 17.8 Å². The molecule has 4 unspecified atom stereocenters. The van der Waals surface area contributed by atoms with E-state index in [9.17, 15) is 0 Å². The van der Waals surface area contributed by atoms with Gasteiger partial charge in [-0.3, -0.25) is 0 Å². The summed E-state index contributed by atoms with van der Waals surface area (Å²) in [7, 11) is 0. The van der Waals surface area contributed by atoms with E-state index in [4.69, 9.17) is 14.7 Å². The molecule has 0 radical (unpaired) electrons. The van der Waals surface area contributed by atoms with Crippen molar-refractivity contribution < 1.29 is 4.74 Å². The third-order valence-electron chi connectivity index (χ3n) is 14.1. The van der Waals surface area contributed by atoms with Crippen molar-refractivity contribution in [1.29, 1.82) is 0 Å². The lowest BCUT2D eigenvalue weighted by atomic mass is 9.53. The Labute approximate surface area is 369 Å². The molecular formula is C60H46N2O. The van der Waals surface area contributed by atoms with Gasteiger partial charge in [-0.15, -0.1) is 0 Å². The van der Waals surface area contributed by atoms with E-state index in [1.807, 2.05) is 6.07 Å². The summed E-state index contributed by atoms with van der Waals surface area (Å²) in [6, 6.07) is 67.9. The molecule has 7 aromatic carbocycles. The fourth-order valence-corrected chi connectivity index (χ4v) is 11.4. The number of hydrogen-bond acceptors (Lipinski definition) is 3. The zero-order valence-electron chi connectivity index (χ0n) is 35.2. The van der Waals surface area contributed by atoms with E-state index in [0.29, 0.717) is 11.7 Å². The Bertz CT molecular complexity index is 3100. The van der Waals surface area contributed by atoms with Gasteiger partial charge >= 0.3 is 0 Å². The molecule has 3 heteroatoms. The van der Waals surface area contributed by atoms with Gasteiger partial charge in [-0.2, -0.15) is 0 Å². The van der Waals surface area contributed by atoms with E-state index in [0.717, 1.165) is 63.4 Å². The molecule has 63 heavy (non-hydrogen) atoms. The molecule has 12 rings (SSSR count). The molecule has 8 aromatic rings. The van der Waals surface area contributed by atoms with Crippen molar-refractivity contribution in [1.82, 2.24) is 9.97 Å². The van der Waals surface area contributed by atoms with Crippen molar-refractivity contribution >= 4 is 5.57 Å². The van der Waals surface area contributed by atoms with Gasteiger partial charge in [0.15, 0.2) is 5.82 Å². The zero-order chi connectivity index (χ0) is 41.9. The van der Waals surface area contributed by atoms with Crippen LogP contribution in [-0.2, 0) is 10.2 Å². The van der Waals surface area contributed by atoms with Gasteiger partial charge in [0.2, 0.25) is 0 Å². The van der Waals surface area contributed by atoms with Crippen LogP contribution in [0.1, 0.15) is 36.5 Å². The van der Waals surface area contributed by atoms with Gasteiger partial charge in [0, 0.05) is 33.9 Å². The van der Waals surface area contributed by atoms with Crippen molar-refractivity contribution in [3.05, 3.63) is 235 Å². The third-order valence-corrected chi connectivity index (χ3v) is 14.1. The molecule has 0 saturated carbocycles. The van der Waals surface area contributed by atoms with E-state index in [-0.39, 0.29) is 23.4 Å². The Morgan fingerprint density at radius 2 is 1.06 bits per heavy atom. The maximum atomic E-state index is 7.07. The first-order chi connectivity index (χ1) is 31.1. The van der Waals surface area contributed by atoms with Crippen molar-refractivity contribution in [2.45, 2.75) is 31.3 Å². The maximum absolute atomic E-state index is 7.07. The fraction of sp³-hybridized carbons (Fsp3) is 0.133. The highest BCUT2D eigenvalue weighted by atomic mass is 16.5.